The van der Waals surface area contributed by atoms with E-state index in [9.17, 15) is 14.4 Å². The van der Waals surface area contributed by atoms with Crippen LogP contribution in [0.1, 0.15) is 207 Å². The third-order valence-electron chi connectivity index (χ3n) is 10.0. The lowest BCUT2D eigenvalue weighted by Gasteiger charge is -2.18. The number of hydrogen-bond acceptors (Lipinski definition) is 6. The van der Waals surface area contributed by atoms with Crippen LogP contribution in [0.15, 0.2) is 109 Å². The molecule has 0 spiro atoms. The first kappa shape index (κ1) is 58.1. The molecule has 0 fully saturated rings. The minimum atomic E-state index is -0.848. The second kappa shape index (κ2) is 49.7. The highest BCUT2D eigenvalue weighted by molar-refractivity contribution is 5.72. The molecule has 0 bridgehead atoms. The highest BCUT2D eigenvalue weighted by atomic mass is 16.6. The lowest BCUT2D eigenvalue weighted by atomic mass is 10.1. The van der Waals surface area contributed by atoms with Gasteiger partial charge in [-0.15, -0.1) is 0 Å². The van der Waals surface area contributed by atoms with E-state index in [4.69, 9.17) is 14.2 Å². The van der Waals surface area contributed by atoms with E-state index >= 15 is 0 Å². The van der Waals surface area contributed by atoms with Crippen LogP contribution in [-0.2, 0) is 28.6 Å². The molecule has 0 aliphatic heterocycles. The Morgan fingerprint density at radius 3 is 1.10 bits per heavy atom. The molecule has 0 heterocycles. The molecule has 0 saturated heterocycles. The van der Waals surface area contributed by atoms with Gasteiger partial charge in [0.15, 0.2) is 6.10 Å². The van der Waals surface area contributed by atoms with Crippen LogP contribution in [0.5, 0.6) is 0 Å². The number of unbranched alkanes of at least 4 members (excludes halogenated alkanes) is 15. The van der Waals surface area contributed by atoms with Crippen molar-refractivity contribution in [1.29, 1.82) is 0 Å². The summed E-state index contributed by atoms with van der Waals surface area (Å²) in [5, 5.41) is 0. The van der Waals surface area contributed by atoms with E-state index in [2.05, 4.69) is 118 Å². The molecule has 0 aromatic carbocycles. The number of esters is 3. The molecule has 1 atom stereocenters. The molecule has 62 heavy (non-hydrogen) atoms. The fraction of sp³-hybridized carbons (Fsp3) is 0.625. The SMILES string of the molecule is CC/C=C\C/C=C\C/C=C\C/C=C\C/C=C\CC(=O)OC(COC(=O)CCCCC/C=C\C/C=C\C/C=C\CC)COC(=O)CCCCCCC/C=C\CCCCCCCCC. The summed E-state index contributed by atoms with van der Waals surface area (Å²) < 4.78 is 16.6. The summed E-state index contributed by atoms with van der Waals surface area (Å²) in [6.07, 6.45) is 66.7. The van der Waals surface area contributed by atoms with E-state index < -0.39 is 12.1 Å². The Hall–Kier alpha value is -3.93. The van der Waals surface area contributed by atoms with Gasteiger partial charge in [-0.1, -0.05) is 194 Å². The average molecular weight is 859 g/mol. The van der Waals surface area contributed by atoms with Crippen molar-refractivity contribution >= 4 is 17.9 Å². The molecule has 0 amide bonds. The number of rotatable bonds is 43. The first-order valence-electron chi connectivity index (χ1n) is 24.9. The minimum absolute atomic E-state index is 0.0853. The first-order chi connectivity index (χ1) is 30.5. The highest BCUT2D eigenvalue weighted by Crippen LogP contribution is 2.12. The van der Waals surface area contributed by atoms with Crippen molar-refractivity contribution in [2.24, 2.45) is 0 Å². The number of ether oxygens (including phenoxy) is 3. The summed E-state index contributed by atoms with van der Waals surface area (Å²) in [7, 11) is 0. The Morgan fingerprint density at radius 2 is 0.677 bits per heavy atom. The molecular formula is C56H90O6. The molecule has 6 nitrogen and oxygen atoms in total. The van der Waals surface area contributed by atoms with Gasteiger partial charge in [0.1, 0.15) is 13.2 Å². The fourth-order valence-electron chi connectivity index (χ4n) is 6.35. The van der Waals surface area contributed by atoms with Crippen molar-refractivity contribution < 1.29 is 28.6 Å². The number of carbonyl (C=O) groups is 3. The smallest absolute Gasteiger partial charge is 0.310 e. The zero-order chi connectivity index (χ0) is 45.1. The maximum Gasteiger partial charge on any atom is 0.310 e. The van der Waals surface area contributed by atoms with Crippen LogP contribution < -0.4 is 0 Å². The van der Waals surface area contributed by atoms with Crippen molar-refractivity contribution in [1.82, 2.24) is 0 Å². The maximum absolute atomic E-state index is 12.7. The van der Waals surface area contributed by atoms with E-state index in [0.29, 0.717) is 19.3 Å². The molecule has 0 aromatic heterocycles. The third-order valence-corrected chi connectivity index (χ3v) is 10.0. The topological polar surface area (TPSA) is 78.9 Å². The van der Waals surface area contributed by atoms with Gasteiger partial charge >= 0.3 is 17.9 Å². The van der Waals surface area contributed by atoms with E-state index in [1.165, 1.54) is 57.8 Å². The first-order valence-corrected chi connectivity index (χ1v) is 24.9. The lowest BCUT2D eigenvalue weighted by Crippen LogP contribution is -2.30. The van der Waals surface area contributed by atoms with Crippen molar-refractivity contribution in [2.75, 3.05) is 13.2 Å². The molecule has 0 saturated carbocycles. The van der Waals surface area contributed by atoms with Gasteiger partial charge in [-0.3, -0.25) is 14.4 Å². The summed E-state index contributed by atoms with van der Waals surface area (Å²) in [6, 6.07) is 0. The lowest BCUT2D eigenvalue weighted by molar-refractivity contribution is -0.166. The van der Waals surface area contributed by atoms with Crippen LogP contribution >= 0.6 is 0 Å². The van der Waals surface area contributed by atoms with Crippen LogP contribution in [-0.4, -0.2) is 37.2 Å². The normalized spacial score (nSPS) is 13.0. The van der Waals surface area contributed by atoms with Crippen LogP contribution in [0.25, 0.3) is 0 Å². The van der Waals surface area contributed by atoms with Crippen molar-refractivity contribution in [2.45, 2.75) is 213 Å². The molecule has 0 rings (SSSR count). The molecule has 0 aliphatic carbocycles. The molecule has 6 heteroatoms. The summed E-state index contributed by atoms with van der Waals surface area (Å²) in [5.74, 6) is -1.11. The molecule has 350 valence electrons. The average Bonchev–Trinajstić information content (AvgIpc) is 3.27. The van der Waals surface area contributed by atoms with Crippen LogP contribution in [0.4, 0.5) is 0 Å². The second-order valence-electron chi connectivity index (χ2n) is 16.0. The zero-order valence-electron chi connectivity index (χ0n) is 39.8. The van der Waals surface area contributed by atoms with Crippen LogP contribution in [0.3, 0.4) is 0 Å². The Bertz CT molecular complexity index is 1310. The quantitative estimate of drug-likeness (QED) is 0.0263. The van der Waals surface area contributed by atoms with Crippen LogP contribution in [0, 0.1) is 0 Å². The Morgan fingerprint density at radius 1 is 0.355 bits per heavy atom. The molecule has 0 aliphatic rings. The molecule has 0 aromatic rings. The van der Waals surface area contributed by atoms with Gasteiger partial charge < -0.3 is 14.2 Å². The van der Waals surface area contributed by atoms with E-state index in [1.54, 1.807) is 6.08 Å². The molecule has 0 N–H and O–H groups in total. The Labute approximate surface area is 380 Å². The fourth-order valence-corrected chi connectivity index (χ4v) is 6.35. The number of allylic oxidation sites excluding steroid dienone is 17. The predicted molar refractivity (Wildman–Crippen MR) is 265 cm³/mol. The minimum Gasteiger partial charge on any atom is -0.462 e. The van der Waals surface area contributed by atoms with Gasteiger partial charge in [0.25, 0.3) is 0 Å². The van der Waals surface area contributed by atoms with Gasteiger partial charge in [-0.05, 0) is 103 Å². The predicted octanol–water partition coefficient (Wildman–Crippen LogP) is 16.4. The Balaban J connectivity index is 4.57. The van der Waals surface area contributed by atoms with Crippen LogP contribution in [0.2, 0.25) is 0 Å². The maximum atomic E-state index is 12.7. The van der Waals surface area contributed by atoms with E-state index in [0.717, 1.165) is 103 Å². The van der Waals surface area contributed by atoms with Gasteiger partial charge in [-0.2, -0.15) is 0 Å². The van der Waals surface area contributed by atoms with Gasteiger partial charge in [-0.25, -0.2) is 0 Å². The summed E-state index contributed by atoms with van der Waals surface area (Å²) in [4.78, 5) is 37.8. The summed E-state index contributed by atoms with van der Waals surface area (Å²) in [6.45, 7) is 6.27. The summed E-state index contributed by atoms with van der Waals surface area (Å²) >= 11 is 0. The second-order valence-corrected chi connectivity index (χ2v) is 16.0. The monoisotopic (exact) mass is 859 g/mol. The van der Waals surface area contributed by atoms with Gasteiger partial charge in [0.05, 0.1) is 6.42 Å². The molecule has 1 unspecified atom stereocenters. The van der Waals surface area contributed by atoms with Crippen molar-refractivity contribution in [3.63, 3.8) is 0 Å². The standard InChI is InChI=1S/C56H90O6/c1-4-7-10-13-16-19-22-25-27-29-31-34-37-40-43-46-49-55(58)61-52-53(51-60-54(57)48-45-42-39-36-33-30-24-21-18-15-12-9-6-3)62-56(59)50-47-44-41-38-35-32-28-26-23-20-17-14-11-8-5-2/h8-9,11-12,17-18,20-21,26-30,33,35,38,44,47,53H,4-7,10,13-16,19,22-25,31-32,34,36-37,39-43,45-46,48-52H2,1-3H3/b11-8-,12-9-,20-17-,21-18-,28-26-,29-27-,33-30-,38-35-,47-44-. The van der Waals surface area contributed by atoms with Gasteiger partial charge in [0, 0.05) is 12.8 Å². The highest BCUT2D eigenvalue weighted by Gasteiger charge is 2.19. The number of hydrogen-bond donors (Lipinski definition) is 0. The Kier molecular flexibility index (Phi) is 46.6. The third kappa shape index (κ3) is 47.1. The van der Waals surface area contributed by atoms with Crippen molar-refractivity contribution in [3.8, 4) is 0 Å². The van der Waals surface area contributed by atoms with E-state index in [-0.39, 0.29) is 31.6 Å². The van der Waals surface area contributed by atoms with Crippen molar-refractivity contribution in [3.05, 3.63) is 109 Å². The molecular weight excluding hydrogens is 769 g/mol. The molecule has 0 radical (unpaired) electrons. The number of carbonyl (C=O) groups excluding carboxylic acids is 3. The van der Waals surface area contributed by atoms with Gasteiger partial charge in [0.2, 0.25) is 0 Å². The zero-order valence-corrected chi connectivity index (χ0v) is 39.8. The summed E-state index contributed by atoms with van der Waals surface area (Å²) in [5.41, 5.74) is 0. The largest absolute Gasteiger partial charge is 0.462 e. The van der Waals surface area contributed by atoms with E-state index in [1.807, 2.05) is 6.08 Å².